The fraction of sp³-hybridized carbons (Fsp3) is 0.188. The molecule has 0 atom stereocenters. The minimum Gasteiger partial charge on any atom is -0.389 e. The van der Waals surface area contributed by atoms with Gasteiger partial charge in [0.1, 0.15) is 10.8 Å². The lowest BCUT2D eigenvalue weighted by molar-refractivity contribution is 0.628. The highest BCUT2D eigenvalue weighted by Gasteiger charge is 2.12. The molecule has 0 saturated heterocycles. The van der Waals surface area contributed by atoms with Crippen LogP contribution >= 0.6 is 24.0 Å². The number of nitrogens with one attached hydrogen (secondary N) is 1. The standard InChI is InChI=1S/C16H17FN2S2/c1-3-21-14-6-4-5-12(15(14)16(18)20)19-13-9-11(17)8-7-10(13)2/h4-9,19H,3H2,1-2H3,(H2,18,20). The molecule has 0 unspecified atom stereocenters. The monoisotopic (exact) mass is 320 g/mol. The summed E-state index contributed by atoms with van der Waals surface area (Å²) >= 11 is 6.86. The largest absolute Gasteiger partial charge is 0.389 e. The van der Waals surface area contributed by atoms with Gasteiger partial charge in [0.15, 0.2) is 0 Å². The Hall–Kier alpha value is -1.59. The Kier molecular flexibility index (Phi) is 5.20. The molecule has 0 fully saturated rings. The topological polar surface area (TPSA) is 38.0 Å². The number of hydrogen-bond donors (Lipinski definition) is 2. The average Bonchev–Trinajstić information content (AvgIpc) is 2.43. The summed E-state index contributed by atoms with van der Waals surface area (Å²) in [5, 5.41) is 3.24. The molecule has 2 rings (SSSR count). The maximum atomic E-state index is 13.4. The van der Waals surface area contributed by atoms with Crippen LogP contribution in [0.2, 0.25) is 0 Å². The molecule has 2 nitrogen and oxygen atoms in total. The highest BCUT2D eigenvalue weighted by Crippen LogP contribution is 2.31. The van der Waals surface area contributed by atoms with Crippen LogP contribution in [-0.4, -0.2) is 10.7 Å². The molecule has 0 aromatic heterocycles. The summed E-state index contributed by atoms with van der Waals surface area (Å²) in [7, 11) is 0. The van der Waals surface area contributed by atoms with E-state index in [0.717, 1.165) is 27.5 Å². The molecule has 0 amide bonds. The zero-order valence-electron chi connectivity index (χ0n) is 11.9. The Bertz CT molecular complexity index is 671. The normalized spacial score (nSPS) is 10.4. The number of halogens is 1. The second-order valence-electron chi connectivity index (χ2n) is 4.56. The SMILES string of the molecule is CCSc1cccc(Nc2cc(F)ccc2C)c1C(N)=S. The van der Waals surface area contributed by atoms with Gasteiger partial charge in [0.2, 0.25) is 0 Å². The van der Waals surface area contributed by atoms with E-state index < -0.39 is 0 Å². The number of rotatable bonds is 5. The highest BCUT2D eigenvalue weighted by atomic mass is 32.2. The van der Waals surface area contributed by atoms with Crippen LogP contribution in [-0.2, 0) is 0 Å². The first kappa shape index (κ1) is 15.8. The molecular weight excluding hydrogens is 303 g/mol. The van der Waals surface area contributed by atoms with Crippen molar-refractivity contribution in [1.29, 1.82) is 0 Å². The van der Waals surface area contributed by atoms with Crippen LogP contribution in [0.25, 0.3) is 0 Å². The van der Waals surface area contributed by atoms with Gasteiger partial charge >= 0.3 is 0 Å². The minimum atomic E-state index is -0.279. The molecule has 110 valence electrons. The number of benzene rings is 2. The van der Waals surface area contributed by atoms with Gasteiger partial charge in [-0.05, 0) is 42.5 Å². The van der Waals surface area contributed by atoms with Crippen molar-refractivity contribution in [3.8, 4) is 0 Å². The van der Waals surface area contributed by atoms with Crippen LogP contribution in [0.3, 0.4) is 0 Å². The molecule has 0 radical (unpaired) electrons. The number of hydrogen-bond acceptors (Lipinski definition) is 3. The summed E-state index contributed by atoms with van der Waals surface area (Å²) in [5.41, 5.74) is 9.15. The molecule has 0 aliphatic rings. The van der Waals surface area contributed by atoms with Gasteiger partial charge < -0.3 is 11.1 Å². The third kappa shape index (κ3) is 3.74. The quantitative estimate of drug-likeness (QED) is 0.622. The second kappa shape index (κ2) is 6.91. The fourth-order valence-corrected chi connectivity index (χ4v) is 3.17. The zero-order valence-corrected chi connectivity index (χ0v) is 13.6. The predicted octanol–water partition coefficient (Wildman–Crippen LogP) is 4.62. The van der Waals surface area contributed by atoms with E-state index in [1.165, 1.54) is 12.1 Å². The van der Waals surface area contributed by atoms with Gasteiger partial charge in [-0.25, -0.2) is 4.39 Å². The Morgan fingerprint density at radius 3 is 2.71 bits per heavy atom. The Balaban J connectivity index is 2.46. The molecule has 0 spiro atoms. The van der Waals surface area contributed by atoms with Crippen molar-refractivity contribution in [3.63, 3.8) is 0 Å². The molecule has 2 aromatic rings. The van der Waals surface area contributed by atoms with E-state index in [9.17, 15) is 4.39 Å². The maximum Gasteiger partial charge on any atom is 0.125 e. The molecule has 21 heavy (non-hydrogen) atoms. The van der Waals surface area contributed by atoms with Crippen molar-refractivity contribution in [2.24, 2.45) is 5.73 Å². The van der Waals surface area contributed by atoms with Crippen LogP contribution in [0.1, 0.15) is 18.1 Å². The molecule has 0 aliphatic carbocycles. The van der Waals surface area contributed by atoms with Crippen molar-refractivity contribution in [2.45, 2.75) is 18.7 Å². The highest BCUT2D eigenvalue weighted by molar-refractivity contribution is 7.99. The first-order valence-electron chi connectivity index (χ1n) is 6.61. The predicted molar refractivity (Wildman–Crippen MR) is 93.1 cm³/mol. The molecule has 2 aromatic carbocycles. The Labute approximate surface area is 133 Å². The number of anilines is 2. The number of thiocarbonyl (C=S) groups is 1. The third-order valence-electron chi connectivity index (χ3n) is 3.04. The molecule has 5 heteroatoms. The van der Waals surface area contributed by atoms with Gasteiger partial charge in [-0.3, -0.25) is 0 Å². The van der Waals surface area contributed by atoms with Crippen molar-refractivity contribution in [3.05, 3.63) is 53.3 Å². The number of thioether (sulfide) groups is 1. The van der Waals surface area contributed by atoms with Crippen molar-refractivity contribution < 1.29 is 4.39 Å². The Morgan fingerprint density at radius 1 is 1.29 bits per heavy atom. The summed E-state index contributed by atoms with van der Waals surface area (Å²) in [4.78, 5) is 1.37. The van der Waals surface area contributed by atoms with Crippen LogP contribution in [0.4, 0.5) is 15.8 Å². The molecule has 0 aliphatic heterocycles. The van der Waals surface area contributed by atoms with E-state index in [1.54, 1.807) is 17.8 Å². The Morgan fingerprint density at radius 2 is 2.05 bits per heavy atom. The van der Waals surface area contributed by atoms with Crippen LogP contribution < -0.4 is 11.1 Å². The first-order chi connectivity index (χ1) is 10.0. The summed E-state index contributed by atoms with van der Waals surface area (Å²) in [5.74, 6) is 0.650. The second-order valence-corrected chi connectivity index (χ2v) is 6.31. The van der Waals surface area contributed by atoms with Gasteiger partial charge in [-0.15, -0.1) is 11.8 Å². The minimum absolute atomic E-state index is 0.279. The van der Waals surface area contributed by atoms with Gasteiger partial charge in [-0.2, -0.15) is 0 Å². The molecule has 0 saturated carbocycles. The van der Waals surface area contributed by atoms with Crippen LogP contribution in [0, 0.1) is 12.7 Å². The van der Waals surface area contributed by atoms with Gasteiger partial charge in [-0.1, -0.05) is 31.3 Å². The van der Waals surface area contributed by atoms with E-state index >= 15 is 0 Å². The zero-order chi connectivity index (χ0) is 15.4. The number of aryl methyl sites for hydroxylation is 1. The molecule has 3 N–H and O–H groups in total. The van der Waals surface area contributed by atoms with Crippen molar-refractivity contribution in [2.75, 3.05) is 11.1 Å². The maximum absolute atomic E-state index is 13.4. The molecule has 0 bridgehead atoms. The lowest BCUT2D eigenvalue weighted by Gasteiger charge is -2.16. The number of nitrogens with two attached hydrogens (primary N) is 1. The van der Waals surface area contributed by atoms with E-state index in [0.29, 0.717) is 10.7 Å². The molecular formula is C16H17FN2S2. The van der Waals surface area contributed by atoms with Gasteiger partial charge in [0.05, 0.1) is 0 Å². The lowest BCUT2D eigenvalue weighted by atomic mass is 10.1. The van der Waals surface area contributed by atoms with Crippen molar-refractivity contribution in [1.82, 2.24) is 0 Å². The smallest absolute Gasteiger partial charge is 0.125 e. The van der Waals surface area contributed by atoms with E-state index in [1.807, 2.05) is 25.1 Å². The summed E-state index contributed by atoms with van der Waals surface area (Å²) in [6.07, 6.45) is 0. The van der Waals surface area contributed by atoms with Gasteiger partial charge in [0, 0.05) is 21.8 Å². The van der Waals surface area contributed by atoms with E-state index in [4.69, 9.17) is 18.0 Å². The summed E-state index contributed by atoms with van der Waals surface area (Å²) in [6, 6.07) is 10.5. The van der Waals surface area contributed by atoms with E-state index in [-0.39, 0.29) is 5.82 Å². The summed E-state index contributed by atoms with van der Waals surface area (Å²) in [6.45, 7) is 4.00. The first-order valence-corrected chi connectivity index (χ1v) is 8.01. The van der Waals surface area contributed by atoms with Crippen molar-refractivity contribution >= 4 is 40.3 Å². The lowest BCUT2D eigenvalue weighted by Crippen LogP contribution is -2.13. The molecule has 0 heterocycles. The fourth-order valence-electron chi connectivity index (χ4n) is 2.04. The average molecular weight is 320 g/mol. The van der Waals surface area contributed by atoms with Crippen LogP contribution in [0.5, 0.6) is 0 Å². The summed E-state index contributed by atoms with van der Waals surface area (Å²) < 4.78 is 13.4. The third-order valence-corrected chi connectivity index (χ3v) is 4.19. The van der Waals surface area contributed by atoms with Gasteiger partial charge in [0.25, 0.3) is 0 Å². The van der Waals surface area contributed by atoms with E-state index in [2.05, 4.69) is 12.2 Å². The van der Waals surface area contributed by atoms with Crippen LogP contribution in [0.15, 0.2) is 41.3 Å².